The average molecular weight is 655 g/mol. The van der Waals surface area contributed by atoms with Crippen molar-refractivity contribution in [2.24, 2.45) is 0 Å². The van der Waals surface area contributed by atoms with E-state index in [0.29, 0.717) is 24.4 Å². The number of rotatable bonds is 16. The number of benzene rings is 1. The van der Waals surface area contributed by atoms with Crippen molar-refractivity contribution in [3.63, 3.8) is 0 Å². The number of nitrogens with zero attached hydrogens (tertiary/aromatic N) is 4. The third-order valence-corrected chi connectivity index (χ3v) is 8.29. The van der Waals surface area contributed by atoms with Gasteiger partial charge in [0.05, 0.1) is 24.1 Å². The number of alkyl halides is 3. The fraction of sp³-hybridized carbons (Fsp3) is 0.667. The summed E-state index contributed by atoms with van der Waals surface area (Å²) in [6.45, 7) is 13.3. The van der Waals surface area contributed by atoms with E-state index in [0.717, 1.165) is 84.4 Å². The van der Waals surface area contributed by atoms with Gasteiger partial charge >= 0.3 is 12.1 Å². The Hall–Kier alpha value is -3.16. The first kappa shape index (κ1) is 39.0. The summed E-state index contributed by atoms with van der Waals surface area (Å²) in [5, 5.41) is 18.8. The first-order valence-corrected chi connectivity index (χ1v) is 16.3. The molecule has 3 rings (SSSR count). The predicted octanol–water partition coefficient (Wildman–Crippen LogP) is 2.17. The zero-order chi connectivity index (χ0) is 34.0. The summed E-state index contributed by atoms with van der Waals surface area (Å²) < 4.78 is 44.7. The molecule has 2 fully saturated rings. The number of carbonyl (C=O) groups excluding carboxylic acids is 3. The molecular weight excluding hydrogens is 605 g/mol. The van der Waals surface area contributed by atoms with Gasteiger partial charge in [-0.25, -0.2) is 0 Å². The topological polar surface area (TPSA) is 120 Å². The molecule has 1 aromatic rings. The van der Waals surface area contributed by atoms with Gasteiger partial charge < -0.3 is 29.4 Å². The molecule has 1 atom stereocenters. The minimum atomic E-state index is -4.31. The summed E-state index contributed by atoms with van der Waals surface area (Å²) in [6, 6.07) is 5.42. The molecule has 2 aliphatic rings. The molecule has 0 N–H and O–H groups in total. The van der Waals surface area contributed by atoms with Crippen LogP contribution >= 0.6 is 0 Å². The van der Waals surface area contributed by atoms with Crippen LogP contribution in [0, 0.1) is 0 Å². The third kappa shape index (κ3) is 15.4. The zero-order valence-corrected chi connectivity index (χ0v) is 27.1. The predicted molar refractivity (Wildman–Crippen MR) is 166 cm³/mol. The van der Waals surface area contributed by atoms with Crippen LogP contribution in [0.15, 0.2) is 36.4 Å². The highest BCUT2D eigenvalue weighted by atomic mass is 19.4. The van der Waals surface area contributed by atoms with Crippen LogP contribution in [0.4, 0.5) is 18.9 Å². The van der Waals surface area contributed by atoms with Gasteiger partial charge in [-0.05, 0) is 43.7 Å². The largest absolute Gasteiger partial charge is 0.545 e. The smallest absolute Gasteiger partial charge is 0.416 e. The van der Waals surface area contributed by atoms with Crippen LogP contribution in [0.1, 0.15) is 64.4 Å². The molecule has 13 heteroatoms. The Morgan fingerprint density at radius 3 is 1.87 bits per heavy atom. The van der Waals surface area contributed by atoms with Gasteiger partial charge in [0.25, 0.3) is 0 Å². The van der Waals surface area contributed by atoms with Crippen molar-refractivity contribution in [3.8, 4) is 0 Å². The first-order chi connectivity index (χ1) is 21.9. The van der Waals surface area contributed by atoms with Crippen molar-refractivity contribution in [2.75, 3.05) is 77.0 Å². The quantitative estimate of drug-likeness (QED) is 0.149. The maximum Gasteiger partial charge on any atom is 0.416 e. The maximum absolute atomic E-state index is 13.0. The lowest BCUT2D eigenvalue weighted by Crippen LogP contribution is -2.54. The average Bonchev–Trinajstić information content (AvgIpc) is 3.04. The summed E-state index contributed by atoms with van der Waals surface area (Å²) in [5.41, 5.74) is 0.0537. The van der Waals surface area contributed by atoms with Gasteiger partial charge in [-0.15, -0.1) is 0 Å². The van der Waals surface area contributed by atoms with Gasteiger partial charge in [0.2, 0.25) is 0 Å². The second-order valence-corrected chi connectivity index (χ2v) is 11.7. The van der Waals surface area contributed by atoms with Gasteiger partial charge in [-0.3, -0.25) is 19.5 Å². The van der Waals surface area contributed by atoms with E-state index in [-0.39, 0.29) is 12.0 Å². The Kier molecular flexibility index (Phi) is 17.7. The van der Waals surface area contributed by atoms with Crippen LogP contribution in [0.2, 0.25) is 0 Å². The fourth-order valence-electron chi connectivity index (χ4n) is 5.40. The molecule has 0 spiro atoms. The number of hydrogen-bond acceptors (Lipinski definition) is 10. The van der Waals surface area contributed by atoms with Crippen molar-refractivity contribution in [1.82, 2.24) is 14.7 Å². The Labute approximate surface area is 270 Å². The minimum absolute atomic E-state index is 0.108. The number of carbonyl (C=O) groups is 3. The fourth-order valence-corrected chi connectivity index (χ4v) is 5.40. The van der Waals surface area contributed by atoms with Crippen molar-refractivity contribution >= 4 is 23.6 Å². The van der Waals surface area contributed by atoms with Gasteiger partial charge in [0, 0.05) is 71.1 Å². The lowest BCUT2D eigenvalue weighted by atomic mass is 10.1. The molecule has 1 aromatic carbocycles. The van der Waals surface area contributed by atoms with Gasteiger partial charge in [-0.2, -0.15) is 13.2 Å². The molecule has 2 heterocycles. The summed E-state index contributed by atoms with van der Waals surface area (Å²) >= 11 is 0. The monoisotopic (exact) mass is 654 g/mol. The van der Waals surface area contributed by atoms with Gasteiger partial charge in [0.15, 0.2) is 0 Å². The van der Waals surface area contributed by atoms with E-state index in [1.807, 2.05) is 11.8 Å². The SMILES string of the molecule is CCCCCCCCCOC(=O)C(C)N1CCN(CCN2CCN(c3cccc(C(F)(F)F)c3)CC2)CC1.O=C([O-])C=CC(=O)[O-]. The summed E-state index contributed by atoms with van der Waals surface area (Å²) in [6.07, 6.45) is 4.91. The van der Waals surface area contributed by atoms with Crippen LogP contribution in [0.3, 0.4) is 0 Å². The second-order valence-electron chi connectivity index (χ2n) is 11.7. The molecule has 10 nitrogen and oxygen atoms in total. The molecule has 46 heavy (non-hydrogen) atoms. The van der Waals surface area contributed by atoms with E-state index in [4.69, 9.17) is 4.74 Å². The molecule has 0 saturated carbocycles. The van der Waals surface area contributed by atoms with E-state index in [1.54, 1.807) is 6.07 Å². The Balaban J connectivity index is 0.000000812. The van der Waals surface area contributed by atoms with Crippen LogP contribution in [-0.4, -0.2) is 111 Å². The highest BCUT2D eigenvalue weighted by molar-refractivity contribution is 5.87. The number of hydrogen-bond donors (Lipinski definition) is 0. The molecule has 0 amide bonds. The lowest BCUT2D eigenvalue weighted by molar-refractivity contribution is -0.301. The highest BCUT2D eigenvalue weighted by Crippen LogP contribution is 2.31. The van der Waals surface area contributed by atoms with E-state index >= 15 is 0 Å². The number of unbranched alkanes of at least 4 members (excludes halogenated alkanes) is 6. The second kappa shape index (κ2) is 20.9. The molecule has 0 radical (unpaired) electrons. The van der Waals surface area contributed by atoms with Crippen molar-refractivity contribution < 1.29 is 42.5 Å². The Bertz CT molecular complexity index is 1070. The summed E-state index contributed by atoms with van der Waals surface area (Å²) in [7, 11) is 0. The number of carboxylic acid groups (broad SMARTS) is 2. The minimum Gasteiger partial charge on any atom is -0.545 e. The number of aliphatic carboxylic acids is 2. The molecule has 0 bridgehead atoms. The molecule has 1 unspecified atom stereocenters. The number of halogens is 3. The van der Waals surface area contributed by atoms with Crippen LogP contribution in [0.25, 0.3) is 0 Å². The zero-order valence-electron chi connectivity index (χ0n) is 27.1. The van der Waals surface area contributed by atoms with Crippen molar-refractivity contribution in [2.45, 2.75) is 71.0 Å². The van der Waals surface area contributed by atoms with Gasteiger partial charge in [0.1, 0.15) is 6.04 Å². The molecule has 0 aromatic heterocycles. The molecule has 2 aliphatic heterocycles. The number of carboxylic acids is 2. The maximum atomic E-state index is 13.0. The van der Waals surface area contributed by atoms with Crippen molar-refractivity contribution in [1.29, 1.82) is 0 Å². The van der Waals surface area contributed by atoms with E-state index in [1.165, 1.54) is 44.2 Å². The number of piperazine rings is 2. The Morgan fingerprint density at radius 1 is 0.826 bits per heavy atom. The highest BCUT2D eigenvalue weighted by Gasteiger charge is 2.31. The van der Waals surface area contributed by atoms with E-state index in [9.17, 15) is 37.8 Å². The standard InChI is InChI=1S/C29H47F3N4O2.C4H4O4/c1-3-4-5-6-7-8-9-23-38-28(37)25(2)35-19-15-33(16-20-35)13-14-34-17-21-36(22-18-34)27-12-10-11-26(24-27)29(30,31)32;5-3(6)1-2-4(7)8/h10-12,24-25H,3-9,13-23H2,1-2H3;1-2H,(H,5,6)(H,7,8)/p-2. The molecular formula is C33H49F3N4O6-2. The summed E-state index contributed by atoms with van der Waals surface area (Å²) in [5.74, 6) is -3.20. The molecule has 2 saturated heterocycles. The van der Waals surface area contributed by atoms with Gasteiger partial charge in [-0.1, -0.05) is 51.5 Å². The summed E-state index contributed by atoms with van der Waals surface area (Å²) in [4.78, 5) is 40.4. The molecule has 260 valence electrons. The van der Waals surface area contributed by atoms with Crippen LogP contribution in [-0.2, 0) is 25.3 Å². The van der Waals surface area contributed by atoms with Crippen LogP contribution in [0.5, 0.6) is 0 Å². The van der Waals surface area contributed by atoms with Crippen molar-refractivity contribution in [3.05, 3.63) is 42.0 Å². The van der Waals surface area contributed by atoms with Crippen LogP contribution < -0.4 is 15.1 Å². The third-order valence-electron chi connectivity index (χ3n) is 8.29. The number of ether oxygens (including phenoxy) is 1. The normalized spacial score (nSPS) is 17.4. The number of anilines is 1. The molecule has 0 aliphatic carbocycles. The lowest BCUT2D eigenvalue weighted by Gasteiger charge is -2.39. The first-order valence-electron chi connectivity index (χ1n) is 16.3. The van der Waals surface area contributed by atoms with E-state index in [2.05, 4.69) is 21.6 Å². The Morgan fingerprint density at radius 2 is 1.35 bits per heavy atom. The number of esters is 1. The van der Waals surface area contributed by atoms with E-state index < -0.39 is 23.7 Å².